The topological polar surface area (TPSA) is 70.2 Å². The van der Waals surface area contributed by atoms with Gasteiger partial charge in [0.1, 0.15) is 11.4 Å². The second-order valence-corrected chi connectivity index (χ2v) is 11.5. The van der Waals surface area contributed by atoms with Gasteiger partial charge in [-0.3, -0.25) is 14.5 Å². The van der Waals surface area contributed by atoms with Gasteiger partial charge in [-0.1, -0.05) is 12.1 Å². The molecule has 0 atom stereocenters. The van der Waals surface area contributed by atoms with Crippen molar-refractivity contribution in [2.75, 3.05) is 39.3 Å². The molecule has 0 bridgehead atoms. The summed E-state index contributed by atoms with van der Waals surface area (Å²) in [6, 6.07) is 5.30. The maximum atomic E-state index is 12.8. The zero-order valence-corrected chi connectivity index (χ0v) is 21.7. The third kappa shape index (κ3) is 6.16. The number of hydrogen-bond acceptors (Lipinski definition) is 5. The summed E-state index contributed by atoms with van der Waals surface area (Å²) < 4.78 is 44.3. The van der Waals surface area contributed by atoms with Gasteiger partial charge in [0.15, 0.2) is 0 Å². The number of likely N-dealkylation sites (tertiary alicyclic amines) is 2. The van der Waals surface area contributed by atoms with Gasteiger partial charge in [0, 0.05) is 70.9 Å². The monoisotopic (exact) mass is 535 g/mol. The molecule has 3 heterocycles. The van der Waals surface area contributed by atoms with Gasteiger partial charge in [-0.25, -0.2) is 4.79 Å². The van der Waals surface area contributed by atoms with Crippen molar-refractivity contribution in [3.8, 4) is 0 Å². The van der Waals surface area contributed by atoms with E-state index < -0.39 is 17.3 Å². The summed E-state index contributed by atoms with van der Waals surface area (Å²) in [5.41, 5.74) is -0.300. The van der Waals surface area contributed by atoms with E-state index in [0.717, 1.165) is 56.5 Å². The number of amides is 2. The van der Waals surface area contributed by atoms with Crippen LogP contribution in [-0.2, 0) is 27.0 Å². The summed E-state index contributed by atoms with van der Waals surface area (Å²) in [6.45, 7) is 4.31. The number of alkyl halides is 3. The Kier molecular flexibility index (Phi) is 7.71. The van der Waals surface area contributed by atoms with Crippen LogP contribution in [0.5, 0.6) is 0 Å². The first kappa shape index (κ1) is 27.0. The molecule has 3 aliphatic heterocycles. The van der Waals surface area contributed by atoms with Crippen molar-refractivity contribution in [2.24, 2.45) is 11.8 Å². The lowest BCUT2D eigenvalue weighted by atomic mass is 9.80. The lowest BCUT2D eigenvalue weighted by Gasteiger charge is -2.37. The minimum absolute atomic E-state index is 0.0188. The molecule has 38 heavy (non-hydrogen) atoms. The molecule has 3 saturated heterocycles. The summed E-state index contributed by atoms with van der Waals surface area (Å²) >= 11 is 0. The predicted octanol–water partition coefficient (Wildman–Crippen LogP) is 4.49. The van der Waals surface area contributed by atoms with Crippen LogP contribution in [0.15, 0.2) is 24.3 Å². The minimum atomic E-state index is -4.33. The Hall–Kier alpha value is -2.62. The van der Waals surface area contributed by atoms with Crippen LogP contribution in [0, 0.1) is 11.8 Å². The summed E-state index contributed by atoms with van der Waals surface area (Å²) in [4.78, 5) is 42.9. The fraction of sp³-hybridized carbons (Fsp3) is 0.679. The van der Waals surface area contributed by atoms with Crippen molar-refractivity contribution in [3.05, 3.63) is 35.4 Å². The summed E-state index contributed by atoms with van der Waals surface area (Å²) in [5.74, 6) is 0.783. The standard InChI is InChI=1S/C28H36F3N3O4/c29-28(30,31)23-7-3-20(4-8-23)17-32-15-11-27(12-16-32)19-34(26(37)38-27)18-21-1-5-22(6-2-21)25(36)33-13-9-24(35)10-14-33/h3-4,7-8,21-22H,1-2,5-6,9-19H2/t21-,22-. The molecule has 0 radical (unpaired) electrons. The third-order valence-corrected chi connectivity index (χ3v) is 8.80. The van der Waals surface area contributed by atoms with Crippen molar-refractivity contribution in [3.63, 3.8) is 0 Å². The highest BCUT2D eigenvalue weighted by molar-refractivity contribution is 5.84. The number of carbonyl (C=O) groups is 3. The number of hydrogen-bond donors (Lipinski definition) is 0. The molecule has 0 aromatic heterocycles. The van der Waals surface area contributed by atoms with Gasteiger partial charge in [0.25, 0.3) is 0 Å². The van der Waals surface area contributed by atoms with Gasteiger partial charge in [-0.05, 0) is 49.3 Å². The molecular weight excluding hydrogens is 499 g/mol. The van der Waals surface area contributed by atoms with Crippen LogP contribution in [0.3, 0.4) is 0 Å². The molecule has 10 heteroatoms. The molecule has 4 aliphatic rings. The summed E-state index contributed by atoms with van der Waals surface area (Å²) in [7, 11) is 0. The van der Waals surface area contributed by atoms with Crippen LogP contribution in [0.2, 0.25) is 0 Å². The summed E-state index contributed by atoms with van der Waals surface area (Å²) in [5, 5.41) is 0. The lowest BCUT2D eigenvalue weighted by molar-refractivity contribution is -0.140. The van der Waals surface area contributed by atoms with E-state index in [2.05, 4.69) is 4.90 Å². The van der Waals surface area contributed by atoms with Gasteiger partial charge in [0.05, 0.1) is 12.1 Å². The van der Waals surface area contributed by atoms with Crippen LogP contribution in [0.25, 0.3) is 0 Å². The van der Waals surface area contributed by atoms with Gasteiger partial charge < -0.3 is 14.5 Å². The Morgan fingerprint density at radius 3 is 2.18 bits per heavy atom. The zero-order valence-electron chi connectivity index (χ0n) is 21.7. The maximum absolute atomic E-state index is 12.8. The molecule has 7 nitrogen and oxygen atoms in total. The van der Waals surface area contributed by atoms with Gasteiger partial charge in [0.2, 0.25) is 5.91 Å². The van der Waals surface area contributed by atoms with Crippen molar-refractivity contribution in [1.29, 1.82) is 0 Å². The normalized spacial score (nSPS) is 26.6. The molecule has 1 spiro atoms. The highest BCUT2D eigenvalue weighted by Gasteiger charge is 2.47. The largest absolute Gasteiger partial charge is 0.441 e. The number of benzene rings is 1. The smallest absolute Gasteiger partial charge is 0.416 e. The number of nitrogens with zero attached hydrogens (tertiary/aromatic N) is 3. The number of piperidine rings is 2. The highest BCUT2D eigenvalue weighted by atomic mass is 19.4. The predicted molar refractivity (Wildman–Crippen MR) is 133 cm³/mol. The van der Waals surface area contributed by atoms with E-state index in [1.54, 1.807) is 0 Å². The first-order valence-electron chi connectivity index (χ1n) is 13.8. The Labute approximate surface area is 221 Å². The molecule has 1 aliphatic carbocycles. The molecule has 1 aromatic carbocycles. The van der Waals surface area contributed by atoms with E-state index in [0.29, 0.717) is 64.3 Å². The molecule has 2 amide bonds. The Morgan fingerprint density at radius 1 is 0.947 bits per heavy atom. The quantitative estimate of drug-likeness (QED) is 0.556. The molecule has 0 unspecified atom stereocenters. The highest BCUT2D eigenvalue weighted by Crippen LogP contribution is 2.37. The van der Waals surface area contributed by atoms with E-state index in [9.17, 15) is 27.6 Å². The lowest BCUT2D eigenvalue weighted by Crippen LogP contribution is -2.47. The molecule has 5 rings (SSSR count). The third-order valence-electron chi connectivity index (χ3n) is 8.80. The number of ether oxygens (including phenoxy) is 1. The van der Waals surface area contributed by atoms with E-state index in [1.807, 2.05) is 9.80 Å². The molecular formula is C28H36F3N3O4. The van der Waals surface area contributed by atoms with Crippen LogP contribution in [0.1, 0.15) is 62.5 Å². The van der Waals surface area contributed by atoms with Gasteiger partial charge >= 0.3 is 12.3 Å². The van der Waals surface area contributed by atoms with Crippen molar-refractivity contribution >= 4 is 17.8 Å². The molecule has 1 aromatic rings. The van der Waals surface area contributed by atoms with Crippen LogP contribution < -0.4 is 0 Å². The first-order chi connectivity index (χ1) is 18.1. The number of halogens is 3. The van der Waals surface area contributed by atoms with E-state index in [4.69, 9.17) is 4.74 Å². The Morgan fingerprint density at radius 2 is 1.58 bits per heavy atom. The average Bonchev–Trinajstić information content (AvgIpc) is 3.20. The zero-order chi connectivity index (χ0) is 26.9. The van der Waals surface area contributed by atoms with Gasteiger partial charge in [-0.2, -0.15) is 13.2 Å². The van der Waals surface area contributed by atoms with Crippen molar-refractivity contribution < 1.29 is 32.3 Å². The number of rotatable bonds is 5. The number of Topliss-reactive ketones (excluding diaryl/α,β-unsaturated/α-hetero) is 1. The average molecular weight is 536 g/mol. The molecule has 0 N–H and O–H groups in total. The summed E-state index contributed by atoms with van der Waals surface area (Å²) in [6.07, 6.45) is 1.19. The molecule has 4 fully saturated rings. The maximum Gasteiger partial charge on any atom is 0.416 e. The second-order valence-electron chi connectivity index (χ2n) is 11.5. The van der Waals surface area contributed by atoms with E-state index in [-0.39, 0.29) is 23.7 Å². The number of carbonyl (C=O) groups excluding carboxylic acids is 3. The van der Waals surface area contributed by atoms with Crippen LogP contribution in [-0.4, -0.2) is 77.4 Å². The molecule has 208 valence electrons. The van der Waals surface area contributed by atoms with E-state index in [1.165, 1.54) is 12.1 Å². The Balaban J connectivity index is 1.06. The molecule has 1 saturated carbocycles. The minimum Gasteiger partial charge on any atom is -0.441 e. The first-order valence-corrected chi connectivity index (χ1v) is 13.8. The van der Waals surface area contributed by atoms with Crippen LogP contribution in [0.4, 0.5) is 18.0 Å². The Bertz CT molecular complexity index is 1020. The van der Waals surface area contributed by atoms with Crippen molar-refractivity contribution in [1.82, 2.24) is 14.7 Å². The number of ketones is 1. The van der Waals surface area contributed by atoms with Crippen LogP contribution >= 0.6 is 0 Å². The van der Waals surface area contributed by atoms with Gasteiger partial charge in [-0.15, -0.1) is 0 Å². The van der Waals surface area contributed by atoms with E-state index >= 15 is 0 Å². The fourth-order valence-corrected chi connectivity index (χ4v) is 6.41. The second kappa shape index (κ2) is 10.9. The SMILES string of the molecule is O=C1CCN(C(=O)[C@H]2CC[C@H](CN3CC4(CCN(Cc5ccc(C(F)(F)F)cc5)CC4)OC3=O)CC2)CC1. The fourth-order valence-electron chi connectivity index (χ4n) is 6.41. The van der Waals surface area contributed by atoms with Crippen molar-refractivity contribution in [2.45, 2.75) is 69.7 Å².